The summed E-state index contributed by atoms with van der Waals surface area (Å²) in [6.45, 7) is 10.2. The first-order chi connectivity index (χ1) is 7.08. The van der Waals surface area contributed by atoms with Crippen LogP contribution in [0.3, 0.4) is 0 Å². The molecule has 0 heterocycles. The Labute approximate surface area is 97.9 Å². The quantitative estimate of drug-likeness (QED) is 0.691. The third kappa shape index (κ3) is 6.61. The van der Waals surface area contributed by atoms with Crippen LogP contribution >= 0.6 is 11.8 Å². The van der Waals surface area contributed by atoms with Crippen molar-refractivity contribution in [3.8, 4) is 0 Å². The van der Waals surface area contributed by atoms with E-state index in [2.05, 4.69) is 32.7 Å². The van der Waals surface area contributed by atoms with E-state index in [1.807, 2.05) is 11.8 Å². The molecule has 3 heteroatoms. The van der Waals surface area contributed by atoms with Crippen molar-refractivity contribution in [1.82, 2.24) is 5.32 Å². The van der Waals surface area contributed by atoms with Crippen LogP contribution in [0.5, 0.6) is 0 Å². The van der Waals surface area contributed by atoms with Crippen LogP contribution in [0.4, 0.5) is 0 Å². The van der Waals surface area contributed by atoms with Crippen molar-refractivity contribution in [3.63, 3.8) is 0 Å². The predicted octanol–water partition coefficient (Wildman–Crippen LogP) is 3.34. The summed E-state index contributed by atoms with van der Waals surface area (Å²) in [6, 6.07) is 0. The Bertz CT molecular complexity index is 206. The van der Waals surface area contributed by atoms with E-state index in [1.54, 1.807) is 0 Å². The van der Waals surface area contributed by atoms with Gasteiger partial charge in [0.1, 0.15) is 0 Å². The zero-order valence-electron chi connectivity index (χ0n) is 10.1. The van der Waals surface area contributed by atoms with Crippen LogP contribution in [0.2, 0.25) is 0 Å². The smallest absolute Gasteiger partial charge is 0.224 e. The molecule has 0 aromatic rings. The van der Waals surface area contributed by atoms with Gasteiger partial charge >= 0.3 is 0 Å². The summed E-state index contributed by atoms with van der Waals surface area (Å²) in [6.07, 6.45) is 5.61. The summed E-state index contributed by atoms with van der Waals surface area (Å²) in [5, 5.41) is 2.59. The minimum atomic E-state index is 0.0625. The predicted molar refractivity (Wildman–Crippen MR) is 69.0 cm³/mol. The number of hydrogen-bond acceptors (Lipinski definition) is 2. The van der Waals surface area contributed by atoms with Gasteiger partial charge in [-0.2, -0.15) is 11.8 Å². The van der Waals surface area contributed by atoms with Crippen molar-refractivity contribution in [1.29, 1.82) is 0 Å². The van der Waals surface area contributed by atoms with Gasteiger partial charge < -0.3 is 5.32 Å². The van der Waals surface area contributed by atoms with Crippen LogP contribution < -0.4 is 5.32 Å². The zero-order valence-corrected chi connectivity index (χ0v) is 11.0. The maximum Gasteiger partial charge on any atom is 0.224 e. The largest absolute Gasteiger partial charge is 0.333 e. The molecule has 0 aliphatic heterocycles. The minimum Gasteiger partial charge on any atom is -0.333 e. The first-order valence-electron chi connectivity index (χ1n) is 5.62. The van der Waals surface area contributed by atoms with Gasteiger partial charge in [-0.05, 0) is 19.0 Å². The summed E-state index contributed by atoms with van der Waals surface area (Å²) in [7, 11) is 0. The number of carbonyl (C=O) groups excluding carboxylic acids is 1. The van der Waals surface area contributed by atoms with Gasteiger partial charge in [0.25, 0.3) is 0 Å². The lowest BCUT2D eigenvalue weighted by Gasteiger charge is -2.27. The molecule has 0 bridgehead atoms. The molecule has 0 rings (SSSR count). The molecule has 1 N–H and O–H groups in total. The Hall–Kier alpha value is -0.440. The molecule has 0 spiro atoms. The number of nitrogens with one attached hydrogen (secondary N) is 1. The fourth-order valence-corrected chi connectivity index (χ4v) is 2.79. The van der Waals surface area contributed by atoms with E-state index in [9.17, 15) is 4.79 Å². The molecule has 0 aliphatic rings. The number of hydrogen-bond donors (Lipinski definition) is 1. The third-order valence-electron chi connectivity index (χ3n) is 2.57. The molecule has 1 atom stereocenters. The minimum absolute atomic E-state index is 0.0625. The van der Waals surface area contributed by atoms with Crippen molar-refractivity contribution >= 4 is 17.7 Å². The summed E-state index contributed by atoms with van der Waals surface area (Å²) < 4.78 is 0.337. The molecule has 0 aromatic heterocycles. The Balaban J connectivity index is 3.80. The summed E-state index contributed by atoms with van der Waals surface area (Å²) in [5.41, 5.74) is 0. The zero-order chi connectivity index (χ0) is 11.7. The SMILES string of the molecule is C=CNC(=O)CCSC(C)(CC)CCC. The van der Waals surface area contributed by atoms with Crippen molar-refractivity contribution in [2.45, 2.75) is 51.2 Å². The third-order valence-corrected chi connectivity index (χ3v) is 4.17. The average Bonchev–Trinajstić information content (AvgIpc) is 2.18. The molecular weight excluding hydrogens is 206 g/mol. The van der Waals surface area contributed by atoms with E-state index in [0.717, 1.165) is 12.2 Å². The lowest BCUT2D eigenvalue weighted by atomic mass is 10.0. The topological polar surface area (TPSA) is 29.1 Å². The molecule has 0 fully saturated rings. The van der Waals surface area contributed by atoms with Crippen LogP contribution in [0, 0.1) is 0 Å². The lowest BCUT2D eigenvalue weighted by molar-refractivity contribution is -0.119. The van der Waals surface area contributed by atoms with E-state index >= 15 is 0 Å². The van der Waals surface area contributed by atoms with Crippen molar-refractivity contribution in [3.05, 3.63) is 12.8 Å². The van der Waals surface area contributed by atoms with Crippen LogP contribution in [0.1, 0.15) is 46.5 Å². The molecule has 88 valence electrons. The molecular formula is C12H23NOS. The highest BCUT2D eigenvalue weighted by Gasteiger charge is 2.21. The number of carbonyl (C=O) groups is 1. The fourth-order valence-electron chi connectivity index (χ4n) is 1.46. The van der Waals surface area contributed by atoms with Crippen LogP contribution in [-0.4, -0.2) is 16.4 Å². The van der Waals surface area contributed by atoms with E-state index in [1.165, 1.54) is 19.0 Å². The number of rotatable bonds is 8. The average molecular weight is 229 g/mol. The van der Waals surface area contributed by atoms with Gasteiger partial charge in [-0.3, -0.25) is 4.79 Å². The fraction of sp³-hybridized carbons (Fsp3) is 0.750. The van der Waals surface area contributed by atoms with Crippen molar-refractivity contribution in [2.75, 3.05) is 5.75 Å². The van der Waals surface area contributed by atoms with Crippen LogP contribution in [-0.2, 0) is 4.79 Å². The van der Waals surface area contributed by atoms with E-state index in [0.29, 0.717) is 11.2 Å². The second kappa shape index (κ2) is 7.80. The highest BCUT2D eigenvalue weighted by molar-refractivity contribution is 8.00. The Morgan fingerprint density at radius 1 is 1.53 bits per heavy atom. The van der Waals surface area contributed by atoms with Gasteiger partial charge in [-0.15, -0.1) is 0 Å². The van der Waals surface area contributed by atoms with Crippen molar-refractivity contribution < 1.29 is 4.79 Å². The molecule has 1 unspecified atom stereocenters. The number of amides is 1. The van der Waals surface area contributed by atoms with Crippen LogP contribution in [0.25, 0.3) is 0 Å². The van der Waals surface area contributed by atoms with Gasteiger partial charge in [0, 0.05) is 16.9 Å². The van der Waals surface area contributed by atoms with Gasteiger partial charge in [0.2, 0.25) is 5.91 Å². The van der Waals surface area contributed by atoms with Crippen LogP contribution in [0.15, 0.2) is 12.8 Å². The Morgan fingerprint density at radius 3 is 2.67 bits per heavy atom. The second-order valence-corrected chi connectivity index (χ2v) is 5.61. The molecule has 0 aromatic carbocycles. The van der Waals surface area contributed by atoms with E-state index in [-0.39, 0.29) is 5.91 Å². The Morgan fingerprint density at radius 2 is 2.20 bits per heavy atom. The summed E-state index contributed by atoms with van der Waals surface area (Å²) in [5.74, 6) is 0.955. The van der Waals surface area contributed by atoms with E-state index < -0.39 is 0 Å². The normalized spacial score (nSPS) is 14.3. The molecule has 0 saturated heterocycles. The van der Waals surface area contributed by atoms with E-state index in [4.69, 9.17) is 0 Å². The van der Waals surface area contributed by atoms with Crippen molar-refractivity contribution in [2.24, 2.45) is 0 Å². The maximum atomic E-state index is 11.2. The maximum absolute atomic E-state index is 11.2. The van der Waals surface area contributed by atoms with Gasteiger partial charge in [-0.25, -0.2) is 0 Å². The highest BCUT2D eigenvalue weighted by Crippen LogP contribution is 2.33. The first kappa shape index (κ1) is 14.6. The number of thioether (sulfide) groups is 1. The monoisotopic (exact) mass is 229 g/mol. The molecule has 0 aliphatic carbocycles. The lowest BCUT2D eigenvalue weighted by Crippen LogP contribution is -2.22. The van der Waals surface area contributed by atoms with Gasteiger partial charge in [0.15, 0.2) is 0 Å². The standard InChI is InChI=1S/C12H23NOS/c1-5-9-12(4,6-2)15-10-8-11(14)13-7-3/h7H,3,5-6,8-10H2,1-2,4H3,(H,13,14). The molecule has 1 amide bonds. The van der Waals surface area contributed by atoms with Gasteiger partial charge in [0.05, 0.1) is 0 Å². The molecule has 0 saturated carbocycles. The molecule has 2 nitrogen and oxygen atoms in total. The highest BCUT2D eigenvalue weighted by atomic mass is 32.2. The first-order valence-corrected chi connectivity index (χ1v) is 6.60. The molecule has 15 heavy (non-hydrogen) atoms. The van der Waals surface area contributed by atoms with Gasteiger partial charge in [-0.1, -0.05) is 33.8 Å². The Kier molecular flexibility index (Phi) is 7.57. The summed E-state index contributed by atoms with van der Waals surface area (Å²) in [4.78, 5) is 11.2. The molecule has 0 radical (unpaired) electrons. The summed E-state index contributed by atoms with van der Waals surface area (Å²) >= 11 is 1.91. The second-order valence-electron chi connectivity index (χ2n) is 3.92.